The van der Waals surface area contributed by atoms with Gasteiger partial charge in [0.2, 0.25) is 0 Å². The molecule has 0 aliphatic carbocycles. The smallest absolute Gasteiger partial charge is 0.403 e. The lowest BCUT2D eigenvalue weighted by Crippen LogP contribution is -2.14. The van der Waals surface area contributed by atoms with Crippen LogP contribution in [0, 0.1) is 0 Å². The normalized spacial score (nSPS) is 28.4. The zero-order valence-corrected chi connectivity index (χ0v) is 17.9. The minimum atomic E-state index is -4.75. The first-order chi connectivity index (χ1) is 14.4. The van der Waals surface area contributed by atoms with E-state index in [4.69, 9.17) is 26.5 Å². The molecule has 1 fully saturated rings. The van der Waals surface area contributed by atoms with E-state index in [2.05, 4.69) is 0 Å². The lowest BCUT2D eigenvalue weighted by atomic mass is 10.3. The first-order valence-electron chi connectivity index (χ1n) is 8.54. The largest absolute Gasteiger partial charge is 0.549 e. The first-order valence-corrected chi connectivity index (χ1v) is 12.9. The summed E-state index contributed by atoms with van der Waals surface area (Å²) in [6.45, 7) is 0. The highest BCUT2D eigenvalue weighted by Gasteiger charge is 2.60. The third-order valence-electron chi connectivity index (χ3n) is 3.48. The molecule has 1 saturated heterocycles. The number of para-hydroxylation sites is 3. The van der Waals surface area contributed by atoms with Crippen LogP contribution in [0.25, 0.3) is 0 Å². The summed E-state index contributed by atoms with van der Waals surface area (Å²) in [6, 6.07) is 23.4. The Morgan fingerprint density at radius 2 is 0.667 bits per heavy atom. The number of hydrogen-bond acceptors (Lipinski definition) is 9. The van der Waals surface area contributed by atoms with E-state index >= 15 is 0 Å². The van der Waals surface area contributed by atoms with Gasteiger partial charge in [-0.25, -0.2) is 13.7 Å². The van der Waals surface area contributed by atoms with E-state index in [9.17, 15) is 13.7 Å². The molecule has 1 aliphatic heterocycles. The van der Waals surface area contributed by atoms with Gasteiger partial charge in [0, 0.05) is 0 Å². The SMILES string of the molecule is O=P1(Oc2ccccc2)OP(=O)(Oc2ccccc2)OP(=O)(Oc2ccccc2)O1. The minimum Gasteiger partial charge on any atom is -0.403 e. The van der Waals surface area contributed by atoms with E-state index in [0.717, 1.165) is 0 Å². The van der Waals surface area contributed by atoms with Crippen LogP contribution in [0.5, 0.6) is 17.2 Å². The van der Waals surface area contributed by atoms with Crippen LogP contribution < -0.4 is 13.6 Å². The van der Waals surface area contributed by atoms with Crippen molar-refractivity contribution in [3.05, 3.63) is 91.0 Å². The Balaban J connectivity index is 1.67. The fourth-order valence-corrected chi connectivity index (χ4v) is 8.39. The monoisotopic (exact) mass is 468 g/mol. The summed E-state index contributed by atoms with van der Waals surface area (Å²) in [5.74, 6) is 0.167. The van der Waals surface area contributed by atoms with Crippen LogP contribution in [0.1, 0.15) is 0 Å². The van der Waals surface area contributed by atoms with Gasteiger partial charge in [-0.2, -0.15) is 12.9 Å². The van der Waals surface area contributed by atoms with Gasteiger partial charge >= 0.3 is 23.5 Å². The second kappa shape index (κ2) is 8.40. The summed E-state index contributed by atoms with van der Waals surface area (Å²) in [5, 5.41) is 0. The number of phosphoric acid groups is 3. The average Bonchev–Trinajstić information content (AvgIpc) is 2.68. The first kappa shape index (κ1) is 20.9. The Kier molecular flexibility index (Phi) is 5.85. The van der Waals surface area contributed by atoms with Gasteiger partial charge in [-0.05, 0) is 36.4 Å². The maximum Gasteiger partial charge on any atom is 0.549 e. The van der Waals surface area contributed by atoms with Gasteiger partial charge in [-0.3, -0.25) is 0 Å². The summed E-state index contributed by atoms with van der Waals surface area (Å²) >= 11 is 0. The van der Waals surface area contributed by atoms with Crippen molar-refractivity contribution in [2.75, 3.05) is 0 Å². The molecule has 0 amide bonds. The summed E-state index contributed by atoms with van der Waals surface area (Å²) in [5.41, 5.74) is 0. The quantitative estimate of drug-likeness (QED) is 0.369. The summed E-state index contributed by atoms with van der Waals surface area (Å²) in [7, 11) is -14.3. The second-order valence-electron chi connectivity index (χ2n) is 5.80. The van der Waals surface area contributed by atoms with E-state index in [-0.39, 0.29) is 17.2 Å². The highest BCUT2D eigenvalue weighted by Crippen LogP contribution is 2.81. The van der Waals surface area contributed by atoms with Crippen molar-refractivity contribution in [2.45, 2.75) is 0 Å². The third-order valence-corrected chi connectivity index (χ3v) is 9.58. The molecule has 3 aromatic rings. The molecule has 30 heavy (non-hydrogen) atoms. The maximum absolute atomic E-state index is 13.2. The van der Waals surface area contributed by atoms with Gasteiger partial charge in [-0.1, -0.05) is 54.6 Å². The molecule has 4 rings (SSSR count). The molecule has 0 radical (unpaired) electrons. The van der Waals surface area contributed by atoms with Crippen LogP contribution in [0.15, 0.2) is 91.0 Å². The van der Waals surface area contributed by atoms with Crippen LogP contribution in [0.3, 0.4) is 0 Å². The molecule has 0 aromatic heterocycles. The standard InChI is InChI=1S/C18H15O9P3/c19-28(22-16-10-4-1-5-11-16)25-29(20,23-17-12-6-2-7-13-17)27-30(21,26-28)24-18-14-8-3-9-15-18/h1-15H. The van der Waals surface area contributed by atoms with E-state index in [1.54, 1.807) is 54.6 Å². The number of hydrogen-bond donors (Lipinski definition) is 0. The number of rotatable bonds is 6. The van der Waals surface area contributed by atoms with Crippen LogP contribution in [0.4, 0.5) is 0 Å². The van der Waals surface area contributed by atoms with Crippen LogP contribution in [0.2, 0.25) is 0 Å². The minimum absolute atomic E-state index is 0.0558. The molecule has 0 bridgehead atoms. The van der Waals surface area contributed by atoms with Gasteiger partial charge in [0.15, 0.2) is 0 Å². The number of benzene rings is 3. The van der Waals surface area contributed by atoms with Crippen LogP contribution >= 0.6 is 23.5 Å². The molecule has 0 unspecified atom stereocenters. The summed E-state index contributed by atoms with van der Waals surface area (Å²) in [6.07, 6.45) is 0. The molecular weight excluding hydrogens is 453 g/mol. The lowest BCUT2D eigenvalue weighted by molar-refractivity contribution is 0.173. The molecule has 1 aliphatic rings. The zero-order chi connectivity index (χ0) is 21.1. The lowest BCUT2D eigenvalue weighted by Gasteiger charge is -2.31. The molecule has 12 heteroatoms. The summed E-state index contributed by atoms with van der Waals surface area (Å²) in [4.78, 5) is 0. The third kappa shape index (κ3) is 5.21. The predicted molar refractivity (Wildman–Crippen MR) is 107 cm³/mol. The topological polar surface area (TPSA) is 107 Å². The van der Waals surface area contributed by atoms with Gasteiger partial charge in [0.25, 0.3) is 0 Å². The van der Waals surface area contributed by atoms with Crippen molar-refractivity contribution in [3.63, 3.8) is 0 Å². The molecular formula is C18H15O9P3. The van der Waals surface area contributed by atoms with Gasteiger partial charge in [-0.15, -0.1) is 0 Å². The Morgan fingerprint density at radius 1 is 0.433 bits per heavy atom. The second-order valence-corrected chi connectivity index (χ2v) is 11.0. The van der Waals surface area contributed by atoms with Crippen molar-refractivity contribution < 1.29 is 40.2 Å². The van der Waals surface area contributed by atoms with Gasteiger partial charge in [0.05, 0.1) is 0 Å². The van der Waals surface area contributed by atoms with Crippen LogP contribution in [-0.2, 0) is 26.6 Å². The molecule has 9 nitrogen and oxygen atoms in total. The van der Waals surface area contributed by atoms with Crippen molar-refractivity contribution in [2.24, 2.45) is 0 Å². The fourth-order valence-electron chi connectivity index (χ4n) is 2.34. The van der Waals surface area contributed by atoms with E-state index in [1.165, 1.54) is 36.4 Å². The zero-order valence-electron chi connectivity index (χ0n) is 15.2. The Hall–Kier alpha value is -2.37. The van der Waals surface area contributed by atoms with Crippen molar-refractivity contribution in [3.8, 4) is 17.2 Å². The van der Waals surface area contributed by atoms with E-state index in [1.807, 2.05) is 0 Å². The molecule has 0 saturated carbocycles. The van der Waals surface area contributed by atoms with Gasteiger partial charge < -0.3 is 13.6 Å². The Bertz CT molecular complexity index is 975. The van der Waals surface area contributed by atoms with E-state index < -0.39 is 23.5 Å². The predicted octanol–water partition coefficient (Wildman–Crippen LogP) is 6.61. The fraction of sp³-hybridized carbons (Fsp3) is 0. The molecule has 1 heterocycles. The highest BCUT2D eigenvalue weighted by atomic mass is 31.3. The molecule has 0 atom stereocenters. The highest BCUT2D eigenvalue weighted by molar-refractivity contribution is 7.75. The average molecular weight is 468 g/mol. The maximum atomic E-state index is 13.2. The van der Waals surface area contributed by atoms with Crippen molar-refractivity contribution in [1.82, 2.24) is 0 Å². The van der Waals surface area contributed by atoms with Crippen molar-refractivity contribution >= 4 is 23.5 Å². The Morgan fingerprint density at radius 3 is 0.900 bits per heavy atom. The summed E-state index contributed by atoms with van der Waals surface area (Å²) < 4.78 is 70.1. The molecule has 156 valence electrons. The molecule has 0 N–H and O–H groups in total. The molecule has 0 spiro atoms. The Labute approximate surface area is 172 Å². The van der Waals surface area contributed by atoms with Gasteiger partial charge in [0.1, 0.15) is 17.2 Å². The van der Waals surface area contributed by atoms with Crippen LogP contribution in [-0.4, -0.2) is 0 Å². The van der Waals surface area contributed by atoms with Crippen molar-refractivity contribution in [1.29, 1.82) is 0 Å². The molecule has 3 aromatic carbocycles. The van der Waals surface area contributed by atoms with E-state index in [0.29, 0.717) is 0 Å².